The zero-order valence-corrected chi connectivity index (χ0v) is 46.1. The van der Waals surface area contributed by atoms with Crippen molar-refractivity contribution in [1.82, 2.24) is 0 Å². The van der Waals surface area contributed by atoms with Gasteiger partial charge in [-0.15, -0.1) is 0 Å². The summed E-state index contributed by atoms with van der Waals surface area (Å²) in [5.41, 5.74) is 0. The molecular formula is C60H103NO8P+. The number of phosphoric acid groups is 1. The normalized spacial score (nSPS) is 14.2. The van der Waals surface area contributed by atoms with Crippen molar-refractivity contribution in [2.24, 2.45) is 0 Å². The maximum Gasteiger partial charge on any atom is 0.472 e. The van der Waals surface area contributed by atoms with Crippen molar-refractivity contribution in [2.75, 3.05) is 47.5 Å². The van der Waals surface area contributed by atoms with Crippen LogP contribution in [0.5, 0.6) is 0 Å². The highest BCUT2D eigenvalue weighted by Gasteiger charge is 2.27. The minimum atomic E-state index is -4.39. The van der Waals surface area contributed by atoms with Crippen molar-refractivity contribution in [2.45, 2.75) is 213 Å². The molecule has 0 rings (SSSR count). The van der Waals surface area contributed by atoms with Crippen LogP contribution in [-0.4, -0.2) is 74.9 Å². The van der Waals surface area contributed by atoms with Crippen LogP contribution in [0.4, 0.5) is 0 Å². The Labute approximate surface area is 429 Å². The van der Waals surface area contributed by atoms with Crippen molar-refractivity contribution in [3.63, 3.8) is 0 Å². The fourth-order valence-corrected chi connectivity index (χ4v) is 7.75. The number of unbranched alkanes of at least 4 members (excludes halogenated alkanes) is 17. The number of likely N-dealkylation sites (N-methyl/N-ethyl adjacent to an activating group) is 1. The monoisotopic (exact) mass is 997 g/mol. The molecule has 0 aromatic heterocycles. The summed E-state index contributed by atoms with van der Waals surface area (Å²) in [6.45, 7) is 4.24. The summed E-state index contributed by atoms with van der Waals surface area (Å²) >= 11 is 0. The predicted octanol–water partition coefficient (Wildman–Crippen LogP) is 17.0. The molecule has 0 fully saturated rings. The summed E-state index contributed by atoms with van der Waals surface area (Å²) in [4.78, 5) is 35.5. The Kier molecular flexibility index (Phi) is 48.2. The van der Waals surface area contributed by atoms with Gasteiger partial charge in [-0.2, -0.15) is 0 Å². The van der Waals surface area contributed by atoms with Crippen LogP contribution in [0.3, 0.4) is 0 Å². The van der Waals surface area contributed by atoms with E-state index in [0.717, 1.165) is 122 Å². The van der Waals surface area contributed by atoms with Gasteiger partial charge in [0, 0.05) is 12.8 Å². The average Bonchev–Trinajstić information content (AvgIpc) is 3.32. The van der Waals surface area contributed by atoms with E-state index < -0.39 is 26.5 Å². The minimum Gasteiger partial charge on any atom is -0.462 e. The first-order valence-electron chi connectivity index (χ1n) is 27.6. The summed E-state index contributed by atoms with van der Waals surface area (Å²) in [7, 11) is 1.46. The molecule has 2 atom stereocenters. The number of carbonyl (C=O) groups excluding carboxylic acids is 2. The second-order valence-electron chi connectivity index (χ2n) is 19.2. The number of nitrogens with zero attached hydrogens (tertiary/aromatic N) is 1. The highest BCUT2D eigenvalue weighted by Crippen LogP contribution is 2.43. The largest absolute Gasteiger partial charge is 0.472 e. The molecule has 0 amide bonds. The van der Waals surface area contributed by atoms with E-state index in [9.17, 15) is 19.0 Å². The molecule has 0 aliphatic heterocycles. The van der Waals surface area contributed by atoms with Gasteiger partial charge in [0.2, 0.25) is 0 Å². The summed E-state index contributed by atoms with van der Waals surface area (Å²) in [6.07, 6.45) is 70.2. The van der Waals surface area contributed by atoms with Gasteiger partial charge in [0.25, 0.3) is 0 Å². The molecule has 0 aromatic rings. The fraction of sp³-hybridized carbons (Fsp3) is 0.667. The van der Waals surface area contributed by atoms with Gasteiger partial charge in [0.15, 0.2) is 6.10 Å². The lowest BCUT2D eigenvalue weighted by Crippen LogP contribution is -2.37. The zero-order chi connectivity index (χ0) is 51.3. The average molecular weight is 997 g/mol. The molecule has 0 radical (unpaired) electrons. The predicted molar refractivity (Wildman–Crippen MR) is 298 cm³/mol. The van der Waals surface area contributed by atoms with Gasteiger partial charge in [0.1, 0.15) is 19.8 Å². The van der Waals surface area contributed by atoms with Crippen molar-refractivity contribution in [3.8, 4) is 0 Å². The van der Waals surface area contributed by atoms with E-state index >= 15 is 0 Å². The lowest BCUT2D eigenvalue weighted by atomic mass is 10.0. The number of carbonyl (C=O) groups is 2. The Morgan fingerprint density at radius 2 is 0.814 bits per heavy atom. The first-order valence-corrected chi connectivity index (χ1v) is 29.1. The van der Waals surface area contributed by atoms with Crippen LogP contribution < -0.4 is 0 Å². The number of ether oxygens (including phenoxy) is 2. The number of phosphoric ester groups is 1. The molecule has 2 unspecified atom stereocenters. The Bertz CT molecular complexity index is 1550. The lowest BCUT2D eigenvalue weighted by Gasteiger charge is -2.24. The van der Waals surface area contributed by atoms with Gasteiger partial charge in [-0.3, -0.25) is 18.6 Å². The third-order valence-electron chi connectivity index (χ3n) is 11.3. The van der Waals surface area contributed by atoms with Gasteiger partial charge < -0.3 is 18.9 Å². The summed E-state index contributed by atoms with van der Waals surface area (Å²) < 4.78 is 34.4. The van der Waals surface area contributed by atoms with E-state index in [1.165, 1.54) is 51.4 Å². The van der Waals surface area contributed by atoms with Crippen LogP contribution in [0, 0.1) is 0 Å². The second kappa shape index (κ2) is 50.6. The van der Waals surface area contributed by atoms with Crippen molar-refractivity contribution >= 4 is 19.8 Å². The quantitative estimate of drug-likeness (QED) is 0.0211. The van der Waals surface area contributed by atoms with E-state index in [-0.39, 0.29) is 32.0 Å². The van der Waals surface area contributed by atoms with Crippen LogP contribution in [0.1, 0.15) is 206 Å². The summed E-state index contributed by atoms with van der Waals surface area (Å²) in [6, 6.07) is 0. The van der Waals surface area contributed by atoms with Gasteiger partial charge >= 0.3 is 19.8 Å². The van der Waals surface area contributed by atoms with Crippen LogP contribution in [0.2, 0.25) is 0 Å². The number of hydrogen-bond donors (Lipinski definition) is 1. The van der Waals surface area contributed by atoms with Gasteiger partial charge in [-0.1, -0.05) is 207 Å². The molecule has 9 nitrogen and oxygen atoms in total. The van der Waals surface area contributed by atoms with Gasteiger partial charge in [0.05, 0.1) is 27.7 Å². The maximum atomic E-state index is 12.8. The highest BCUT2D eigenvalue weighted by molar-refractivity contribution is 7.47. The van der Waals surface area contributed by atoms with E-state index in [4.69, 9.17) is 18.5 Å². The highest BCUT2D eigenvalue weighted by atomic mass is 31.2. The number of allylic oxidation sites excluding steroid dienone is 18. The molecule has 0 bridgehead atoms. The molecule has 0 saturated carbocycles. The van der Waals surface area contributed by atoms with Crippen LogP contribution >= 0.6 is 7.82 Å². The molecule has 0 aromatic carbocycles. The summed E-state index contributed by atoms with van der Waals surface area (Å²) in [5.74, 6) is -0.821. The molecule has 0 aliphatic carbocycles. The van der Waals surface area contributed by atoms with Crippen molar-refractivity contribution < 1.29 is 42.1 Å². The Hall–Kier alpha value is -3.33. The standard InChI is InChI=1S/C60H102NO8P/c1-6-8-10-12-14-16-18-19-20-21-22-23-24-25-26-27-28-29-30-31-32-33-34-35-36-37-38-39-40-41-43-45-47-49-51-53-60(63)69-58(57-68-70(64,65)67-55-54-61(3,4)5)56-66-59(62)52-50-48-46-44-42-17-15-13-11-9-7-2/h8,10,13-16,19-20,22-23,25-26,28-29,31-32,34-35,58H,6-7,9,11-12,17-18,21,24,27,30,33,36-57H2,1-5H3/p+1/b10-8-,15-13-,16-14-,20-19-,23-22-,26-25-,29-28-,32-31-,35-34-. The molecule has 0 heterocycles. The SMILES string of the molecule is CC/C=C\C/C=C\C/C=C\C/C=C\C/C=C\C/C=C\C/C=C\C/C=C\CCCCCCCCCCCCC(=O)OC(COC(=O)CCCCCCC/C=C\CCCC)COP(=O)(O)OCC[N+](C)(C)C. The third kappa shape index (κ3) is 54.0. The maximum absolute atomic E-state index is 12.8. The second-order valence-corrected chi connectivity index (χ2v) is 20.7. The third-order valence-corrected chi connectivity index (χ3v) is 12.3. The first kappa shape index (κ1) is 66.7. The van der Waals surface area contributed by atoms with Crippen LogP contribution in [0.15, 0.2) is 109 Å². The van der Waals surface area contributed by atoms with Crippen LogP contribution in [0.25, 0.3) is 0 Å². The molecule has 1 N–H and O–H groups in total. The van der Waals surface area contributed by atoms with Crippen molar-refractivity contribution in [3.05, 3.63) is 109 Å². The first-order chi connectivity index (χ1) is 34.0. The van der Waals surface area contributed by atoms with Gasteiger partial charge in [-0.05, 0) is 96.3 Å². The van der Waals surface area contributed by atoms with Crippen LogP contribution in [-0.2, 0) is 32.7 Å². The van der Waals surface area contributed by atoms with E-state index in [1.807, 2.05) is 21.1 Å². The molecule has 0 saturated heterocycles. The molecule has 70 heavy (non-hydrogen) atoms. The smallest absolute Gasteiger partial charge is 0.462 e. The fourth-order valence-electron chi connectivity index (χ4n) is 7.01. The molecule has 0 spiro atoms. The van der Waals surface area contributed by atoms with Crippen molar-refractivity contribution in [1.29, 1.82) is 0 Å². The number of esters is 2. The Morgan fingerprint density at radius 1 is 0.457 bits per heavy atom. The van der Waals surface area contributed by atoms with Gasteiger partial charge in [-0.25, -0.2) is 4.57 Å². The number of hydrogen-bond acceptors (Lipinski definition) is 7. The van der Waals surface area contributed by atoms with E-state index in [2.05, 4.69) is 123 Å². The summed E-state index contributed by atoms with van der Waals surface area (Å²) in [5, 5.41) is 0. The number of rotatable bonds is 49. The number of quaternary nitrogens is 1. The minimum absolute atomic E-state index is 0.0248. The molecule has 400 valence electrons. The Morgan fingerprint density at radius 3 is 1.23 bits per heavy atom. The molecule has 10 heteroatoms. The zero-order valence-electron chi connectivity index (χ0n) is 45.2. The Balaban J connectivity index is 4.11. The van der Waals surface area contributed by atoms with E-state index in [0.29, 0.717) is 17.4 Å². The topological polar surface area (TPSA) is 108 Å². The lowest BCUT2D eigenvalue weighted by molar-refractivity contribution is -0.870. The molecule has 0 aliphatic rings. The molecular weight excluding hydrogens is 894 g/mol. The van der Waals surface area contributed by atoms with E-state index in [1.54, 1.807) is 0 Å².